The number of aliphatic hydroxyl groups excluding tert-OH is 1. The zero-order valence-corrected chi connectivity index (χ0v) is 8.35. The Balaban J connectivity index is 1.97. The van der Waals surface area contributed by atoms with Gasteiger partial charge in [0.05, 0.1) is 26.1 Å². The molecule has 0 aliphatic carbocycles. The summed E-state index contributed by atoms with van der Waals surface area (Å²) in [5.41, 5.74) is 0. The maximum atomic E-state index is 10.5. The van der Waals surface area contributed by atoms with Crippen LogP contribution in [0, 0.1) is 5.92 Å². The summed E-state index contributed by atoms with van der Waals surface area (Å²) in [5, 5.41) is 18.4. The minimum Gasteiger partial charge on any atom is -0.481 e. The fourth-order valence-corrected chi connectivity index (χ4v) is 2.90. The molecule has 80 valence electrons. The third-order valence-electron chi connectivity index (χ3n) is 3.87. The van der Waals surface area contributed by atoms with Crippen LogP contribution >= 0.6 is 0 Å². The summed E-state index contributed by atoms with van der Waals surface area (Å²) in [4.78, 5) is 10.5. The van der Waals surface area contributed by atoms with Gasteiger partial charge in [-0.1, -0.05) is 0 Å². The number of aliphatic hydroxyl groups is 1. The molecular formula is C10H18NO3+. The molecule has 0 saturated carbocycles. The van der Waals surface area contributed by atoms with Gasteiger partial charge in [-0.15, -0.1) is 0 Å². The lowest BCUT2D eigenvalue weighted by Gasteiger charge is -2.51. The third kappa shape index (κ3) is 1.77. The van der Waals surface area contributed by atoms with E-state index >= 15 is 0 Å². The van der Waals surface area contributed by atoms with Gasteiger partial charge < -0.3 is 14.7 Å². The number of carboxylic acids is 1. The SMILES string of the molecule is O=C(O)CC[N+]12CCC(CC1)C(O)C2. The summed E-state index contributed by atoms with van der Waals surface area (Å²) in [7, 11) is 0. The lowest BCUT2D eigenvalue weighted by molar-refractivity contribution is -0.945. The molecule has 0 radical (unpaired) electrons. The van der Waals surface area contributed by atoms with Crippen molar-refractivity contribution in [2.24, 2.45) is 5.92 Å². The third-order valence-corrected chi connectivity index (χ3v) is 3.87. The number of aliphatic carboxylic acids is 1. The van der Waals surface area contributed by atoms with Crippen LogP contribution in [-0.4, -0.2) is 52.9 Å². The molecule has 2 N–H and O–H groups in total. The minimum atomic E-state index is -0.723. The van der Waals surface area contributed by atoms with Crippen LogP contribution in [0.4, 0.5) is 0 Å². The summed E-state index contributed by atoms with van der Waals surface area (Å²) < 4.78 is 0.837. The second-order valence-corrected chi connectivity index (χ2v) is 4.74. The van der Waals surface area contributed by atoms with E-state index in [2.05, 4.69) is 0 Å². The summed E-state index contributed by atoms with van der Waals surface area (Å²) in [6.45, 7) is 3.60. The average Bonchev–Trinajstić information content (AvgIpc) is 2.16. The van der Waals surface area contributed by atoms with Crippen molar-refractivity contribution in [1.29, 1.82) is 0 Å². The Morgan fingerprint density at radius 2 is 2.00 bits per heavy atom. The molecule has 3 heterocycles. The number of nitrogens with zero attached hydrogens (tertiary/aromatic N) is 1. The van der Waals surface area contributed by atoms with Gasteiger partial charge in [0, 0.05) is 18.8 Å². The van der Waals surface area contributed by atoms with Gasteiger partial charge in [0.25, 0.3) is 0 Å². The number of hydrogen-bond acceptors (Lipinski definition) is 2. The molecule has 14 heavy (non-hydrogen) atoms. The van der Waals surface area contributed by atoms with Gasteiger partial charge in [0.2, 0.25) is 0 Å². The van der Waals surface area contributed by atoms with Crippen molar-refractivity contribution in [3.63, 3.8) is 0 Å². The Bertz CT molecular complexity index is 234. The molecule has 0 aromatic carbocycles. The highest BCUT2D eigenvalue weighted by atomic mass is 16.4. The topological polar surface area (TPSA) is 57.5 Å². The molecule has 1 unspecified atom stereocenters. The van der Waals surface area contributed by atoms with Gasteiger partial charge >= 0.3 is 5.97 Å². The molecule has 3 aliphatic rings. The summed E-state index contributed by atoms with van der Waals surface area (Å²) >= 11 is 0. The van der Waals surface area contributed by atoms with Crippen LogP contribution in [0.3, 0.4) is 0 Å². The zero-order valence-electron chi connectivity index (χ0n) is 8.35. The first-order chi connectivity index (χ1) is 6.61. The molecule has 0 amide bonds. The standard InChI is InChI=1S/C10H17NO3/c12-9-7-11(6-3-10(13)14)4-1-8(9)2-5-11/h8-9,12H,1-7H2/p+1. The van der Waals surface area contributed by atoms with Gasteiger partial charge in [-0.25, -0.2) is 0 Å². The minimum absolute atomic E-state index is 0.189. The molecule has 3 fully saturated rings. The van der Waals surface area contributed by atoms with Crippen LogP contribution in [0.2, 0.25) is 0 Å². The predicted octanol–water partition coefficient (Wildman–Crippen LogP) is 0.0624. The molecule has 4 heteroatoms. The lowest BCUT2D eigenvalue weighted by atomic mass is 9.83. The van der Waals surface area contributed by atoms with E-state index in [1.807, 2.05) is 0 Å². The van der Waals surface area contributed by atoms with E-state index in [-0.39, 0.29) is 12.5 Å². The van der Waals surface area contributed by atoms with Crippen molar-refractivity contribution in [2.45, 2.75) is 25.4 Å². The van der Waals surface area contributed by atoms with Crippen molar-refractivity contribution < 1.29 is 19.5 Å². The Labute approximate surface area is 83.7 Å². The fourth-order valence-electron chi connectivity index (χ4n) is 2.90. The van der Waals surface area contributed by atoms with Crippen molar-refractivity contribution in [3.8, 4) is 0 Å². The number of hydrogen-bond donors (Lipinski definition) is 2. The summed E-state index contributed by atoms with van der Waals surface area (Å²) in [6.07, 6.45) is 2.19. The molecular weight excluding hydrogens is 182 g/mol. The summed E-state index contributed by atoms with van der Waals surface area (Å²) in [6, 6.07) is 0. The van der Waals surface area contributed by atoms with Crippen LogP contribution < -0.4 is 0 Å². The normalized spacial score (nSPS) is 41.2. The van der Waals surface area contributed by atoms with E-state index in [4.69, 9.17) is 5.11 Å². The van der Waals surface area contributed by atoms with E-state index in [0.717, 1.165) is 37.0 Å². The van der Waals surface area contributed by atoms with Crippen molar-refractivity contribution in [1.82, 2.24) is 0 Å². The van der Waals surface area contributed by atoms with E-state index in [0.29, 0.717) is 12.5 Å². The maximum absolute atomic E-state index is 10.5. The molecule has 1 atom stereocenters. The Hall–Kier alpha value is -0.610. The number of quaternary nitrogens is 1. The first kappa shape index (κ1) is 9.93. The second-order valence-electron chi connectivity index (χ2n) is 4.74. The van der Waals surface area contributed by atoms with Crippen molar-refractivity contribution in [3.05, 3.63) is 0 Å². The highest BCUT2D eigenvalue weighted by Crippen LogP contribution is 2.33. The van der Waals surface area contributed by atoms with Crippen molar-refractivity contribution >= 4 is 5.97 Å². The quantitative estimate of drug-likeness (QED) is 0.633. The van der Waals surface area contributed by atoms with Crippen LogP contribution in [0.5, 0.6) is 0 Å². The molecule has 3 saturated heterocycles. The fraction of sp³-hybridized carbons (Fsp3) is 0.900. The van der Waals surface area contributed by atoms with Gasteiger partial charge in [-0.3, -0.25) is 4.79 Å². The largest absolute Gasteiger partial charge is 0.481 e. The van der Waals surface area contributed by atoms with E-state index in [9.17, 15) is 9.90 Å². The molecule has 4 nitrogen and oxygen atoms in total. The average molecular weight is 200 g/mol. The van der Waals surface area contributed by atoms with Crippen LogP contribution in [0.25, 0.3) is 0 Å². The first-order valence-electron chi connectivity index (χ1n) is 5.36. The smallest absolute Gasteiger partial charge is 0.309 e. The second kappa shape index (κ2) is 3.51. The van der Waals surface area contributed by atoms with Crippen LogP contribution in [0.1, 0.15) is 19.3 Å². The maximum Gasteiger partial charge on any atom is 0.309 e. The number of rotatable bonds is 3. The Morgan fingerprint density at radius 1 is 1.36 bits per heavy atom. The summed E-state index contributed by atoms with van der Waals surface area (Å²) in [5.74, 6) is -0.237. The number of carbonyl (C=O) groups is 1. The number of carboxylic acid groups (broad SMARTS) is 1. The molecule has 0 aromatic heterocycles. The van der Waals surface area contributed by atoms with Gasteiger partial charge in [-0.05, 0) is 0 Å². The Kier molecular flexibility index (Phi) is 2.49. The van der Waals surface area contributed by atoms with Gasteiger partial charge in [0.15, 0.2) is 0 Å². The highest BCUT2D eigenvalue weighted by Gasteiger charge is 2.44. The number of piperidine rings is 3. The Morgan fingerprint density at radius 3 is 2.50 bits per heavy atom. The first-order valence-corrected chi connectivity index (χ1v) is 5.36. The monoisotopic (exact) mass is 200 g/mol. The highest BCUT2D eigenvalue weighted by molar-refractivity contribution is 5.66. The van der Waals surface area contributed by atoms with E-state index in [1.54, 1.807) is 0 Å². The van der Waals surface area contributed by atoms with Crippen LogP contribution in [-0.2, 0) is 4.79 Å². The van der Waals surface area contributed by atoms with E-state index < -0.39 is 5.97 Å². The van der Waals surface area contributed by atoms with E-state index in [1.165, 1.54) is 0 Å². The molecule has 2 bridgehead atoms. The molecule has 3 aliphatic heterocycles. The van der Waals surface area contributed by atoms with Gasteiger partial charge in [-0.2, -0.15) is 0 Å². The zero-order chi connectivity index (χ0) is 10.2. The molecule has 0 spiro atoms. The van der Waals surface area contributed by atoms with Crippen LogP contribution in [0.15, 0.2) is 0 Å². The predicted molar refractivity (Wildman–Crippen MR) is 50.7 cm³/mol. The van der Waals surface area contributed by atoms with Crippen molar-refractivity contribution in [2.75, 3.05) is 26.2 Å². The lowest BCUT2D eigenvalue weighted by Crippen LogP contribution is -2.64. The van der Waals surface area contributed by atoms with Gasteiger partial charge in [0.1, 0.15) is 12.6 Å². The number of fused-ring (bicyclic) bond motifs is 3. The molecule has 0 aromatic rings. The molecule has 3 rings (SSSR count).